The molecule has 0 aliphatic carbocycles. The van der Waals surface area contributed by atoms with Crippen molar-refractivity contribution in [2.45, 2.75) is 12.7 Å². The van der Waals surface area contributed by atoms with Gasteiger partial charge in [-0.05, 0) is 17.7 Å². The van der Waals surface area contributed by atoms with Crippen LogP contribution in [0.15, 0.2) is 35.8 Å². The number of alkyl halides is 3. The van der Waals surface area contributed by atoms with Gasteiger partial charge in [-0.3, -0.25) is 4.99 Å². The molecule has 7 heteroatoms. The molecular formula is C13H15F4N3. The molecule has 2 N–H and O–H groups in total. The van der Waals surface area contributed by atoms with Crippen molar-refractivity contribution in [3.05, 3.63) is 47.8 Å². The van der Waals surface area contributed by atoms with E-state index in [1.54, 1.807) is 6.08 Å². The summed E-state index contributed by atoms with van der Waals surface area (Å²) in [5, 5.41) is 5.55. The summed E-state index contributed by atoms with van der Waals surface area (Å²) in [6.07, 6.45) is -3.01. The van der Waals surface area contributed by atoms with Crippen LogP contribution in [0.2, 0.25) is 0 Å². The number of nitrogens with zero attached hydrogens (tertiary/aromatic N) is 1. The van der Waals surface area contributed by atoms with E-state index in [1.165, 1.54) is 7.05 Å². The van der Waals surface area contributed by atoms with Crippen LogP contribution in [0.4, 0.5) is 17.6 Å². The number of rotatable bonds is 4. The van der Waals surface area contributed by atoms with Gasteiger partial charge in [-0.1, -0.05) is 12.1 Å². The van der Waals surface area contributed by atoms with Crippen molar-refractivity contribution in [2.24, 2.45) is 4.99 Å². The predicted molar refractivity (Wildman–Crippen MR) is 69.8 cm³/mol. The predicted octanol–water partition coefficient (Wildman–Crippen LogP) is 2.70. The van der Waals surface area contributed by atoms with Crippen LogP contribution in [0.5, 0.6) is 0 Å². The van der Waals surface area contributed by atoms with Gasteiger partial charge >= 0.3 is 6.18 Å². The zero-order valence-corrected chi connectivity index (χ0v) is 10.9. The number of guanidine groups is 1. The highest BCUT2D eigenvalue weighted by Gasteiger charge is 2.33. The summed E-state index contributed by atoms with van der Waals surface area (Å²) in [5.41, 5.74) is -1.05. The molecule has 0 spiro atoms. The SMILES string of the molecule is C=CCNC(=NC)NCc1ccc(F)cc1C(F)(F)F. The van der Waals surface area contributed by atoms with Crippen molar-refractivity contribution in [3.63, 3.8) is 0 Å². The first-order valence-electron chi connectivity index (χ1n) is 5.79. The highest BCUT2D eigenvalue weighted by molar-refractivity contribution is 5.79. The summed E-state index contributed by atoms with van der Waals surface area (Å²) in [6.45, 7) is 3.81. The Labute approximate surface area is 114 Å². The summed E-state index contributed by atoms with van der Waals surface area (Å²) in [6, 6.07) is 2.58. The molecule has 0 aliphatic heterocycles. The van der Waals surface area contributed by atoms with E-state index >= 15 is 0 Å². The lowest BCUT2D eigenvalue weighted by Crippen LogP contribution is -2.37. The van der Waals surface area contributed by atoms with Gasteiger partial charge in [0.2, 0.25) is 0 Å². The van der Waals surface area contributed by atoms with Crippen LogP contribution >= 0.6 is 0 Å². The fraction of sp³-hybridized carbons (Fsp3) is 0.308. The van der Waals surface area contributed by atoms with Gasteiger partial charge in [0.15, 0.2) is 5.96 Å². The Morgan fingerprint density at radius 3 is 2.60 bits per heavy atom. The van der Waals surface area contributed by atoms with Crippen molar-refractivity contribution in [2.75, 3.05) is 13.6 Å². The van der Waals surface area contributed by atoms with Gasteiger partial charge in [0.1, 0.15) is 5.82 Å². The standard InChI is InChI=1S/C13H15F4N3/c1-3-6-19-12(18-2)20-8-9-4-5-10(14)7-11(9)13(15,16)17/h3-5,7H,1,6,8H2,2H3,(H2,18,19,20). The lowest BCUT2D eigenvalue weighted by molar-refractivity contribution is -0.138. The van der Waals surface area contributed by atoms with Crippen LogP contribution < -0.4 is 10.6 Å². The topological polar surface area (TPSA) is 36.4 Å². The second-order valence-electron chi connectivity index (χ2n) is 3.89. The number of halogens is 4. The Morgan fingerprint density at radius 1 is 1.35 bits per heavy atom. The summed E-state index contributed by atoms with van der Waals surface area (Å²) in [5.74, 6) is -0.586. The lowest BCUT2D eigenvalue weighted by Gasteiger charge is -2.15. The number of nitrogens with one attached hydrogen (secondary N) is 2. The van der Waals surface area contributed by atoms with E-state index in [-0.39, 0.29) is 12.1 Å². The molecule has 0 saturated carbocycles. The van der Waals surface area contributed by atoms with Crippen molar-refractivity contribution < 1.29 is 17.6 Å². The molecule has 3 nitrogen and oxygen atoms in total. The Bertz CT molecular complexity index is 495. The fourth-order valence-electron chi connectivity index (χ4n) is 1.54. The first kappa shape index (κ1) is 16.0. The van der Waals surface area contributed by atoms with Crippen LogP contribution in [0.25, 0.3) is 0 Å². The van der Waals surface area contributed by atoms with Gasteiger partial charge in [-0.15, -0.1) is 6.58 Å². The summed E-state index contributed by atoms with van der Waals surface area (Å²) >= 11 is 0. The minimum Gasteiger partial charge on any atom is -0.353 e. The second kappa shape index (κ2) is 6.93. The summed E-state index contributed by atoms with van der Waals surface area (Å²) in [4.78, 5) is 3.84. The fourth-order valence-corrected chi connectivity index (χ4v) is 1.54. The normalized spacial score (nSPS) is 12.2. The number of hydrogen-bond acceptors (Lipinski definition) is 1. The average Bonchev–Trinajstić information content (AvgIpc) is 2.39. The first-order chi connectivity index (χ1) is 9.38. The van der Waals surface area contributed by atoms with Gasteiger partial charge in [0.05, 0.1) is 5.56 Å². The number of aliphatic imine (C=N–C) groups is 1. The maximum atomic E-state index is 12.9. The molecule has 1 rings (SSSR count). The van der Waals surface area contributed by atoms with Crippen LogP contribution in [-0.4, -0.2) is 19.6 Å². The third-order valence-corrected chi connectivity index (χ3v) is 2.46. The quantitative estimate of drug-likeness (QED) is 0.387. The third-order valence-electron chi connectivity index (χ3n) is 2.46. The maximum Gasteiger partial charge on any atom is 0.416 e. The van der Waals surface area contributed by atoms with E-state index in [2.05, 4.69) is 22.2 Å². The van der Waals surface area contributed by atoms with Crippen molar-refractivity contribution >= 4 is 5.96 Å². The van der Waals surface area contributed by atoms with E-state index in [4.69, 9.17) is 0 Å². The Morgan fingerprint density at radius 2 is 2.05 bits per heavy atom. The monoisotopic (exact) mass is 289 g/mol. The molecule has 1 aromatic carbocycles. The zero-order chi connectivity index (χ0) is 15.2. The molecule has 0 radical (unpaired) electrons. The highest BCUT2D eigenvalue weighted by Crippen LogP contribution is 2.32. The van der Waals surface area contributed by atoms with Crippen molar-refractivity contribution in [1.82, 2.24) is 10.6 Å². The van der Waals surface area contributed by atoms with Crippen LogP contribution in [0, 0.1) is 5.82 Å². The molecular weight excluding hydrogens is 274 g/mol. The smallest absolute Gasteiger partial charge is 0.353 e. The van der Waals surface area contributed by atoms with E-state index in [9.17, 15) is 17.6 Å². The average molecular weight is 289 g/mol. The molecule has 0 aliphatic rings. The highest BCUT2D eigenvalue weighted by atomic mass is 19.4. The number of benzene rings is 1. The van der Waals surface area contributed by atoms with Crippen molar-refractivity contribution in [1.29, 1.82) is 0 Å². The van der Waals surface area contributed by atoms with Gasteiger partial charge in [-0.2, -0.15) is 13.2 Å². The van der Waals surface area contributed by atoms with Crippen molar-refractivity contribution in [3.8, 4) is 0 Å². The molecule has 0 amide bonds. The minimum absolute atomic E-state index is 0.0551. The summed E-state index contributed by atoms with van der Waals surface area (Å²) < 4.78 is 51.3. The molecule has 0 heterocycles. The first-order valence-corrected chi connectivity index (χ1v) is 5.79. The van der Waals surface area contributed by atoms with E-state index in [0.29, 0.717) is 18.6 Å². The molecule has 20 heavy (non-hydrogen) atoms. The van der Waals surface area contributed by atoms with Gasteiger partial charge in [-0.25, -0.2) is 4.39 Å². The Kier molecular flexibility index (Phi) is 5.54. The van der Waals surface area contributed by atoms with Crippen LogP contribution in [-0.2, 0) is 12.7 Å². The molecule has 0 aromatic heterocycles. The number of hydrogen-bond donors (Lipinski definition) is 2. The molecule has 0 atom stereocenters. The molecule has 0 bridgehead atoms. The largest absolute Gasteiger partial charge is 0.416 e. The van der Waals surface area contributed by atoms with Gasteiger partial charge in [0.25, 0.3) is 0 Å². The second-order valence-corrected chi connectivity index (χ2v) is 3.89. The van der Waals surface area contributed by atoms with Gasteiger partial charge in [0, 0.05) is 20.1 Å². The molecule has 0 saturated heterocycles. The lowest BCUT2D eigenvalue weighted by atomic mass is 10.1. The summed E-state index contributed by atoms with van der Waals surface area (Å²) in [7, 11) is 1.49. The minimum atomic E-state index is -4.60. The van der Waals surface area contributed by atoms with Gasteiger partial charge < -0.3 is 10.6 Å². The Balaban J connectivity index is 2.85. The van der Waals surface area contributed by atoms with Crippen LogP contribution in [0.3, 0.4) is 0 Å². The molecule has 110 valence electrons. The Hall–Kier alpha value is -2.05. The molecule has 0 unspecified atom stereocenters. The maximum absolute atomic E-state index is 12.9. The molecule has 1 aromatic rings. The molecule has 0 fully saturated rings. The zero-order valence-electron chi connectivity index (χ0n) is 10.9. The van der Waals surface area contributed by atoms with E-state index in [0.717, 1.165) is 12.1 Å². The third kappa shape index (κ3) is 4.56. The van der Waals surface area contributed by atoms with Crippen LogP contribution in [0.1, 0.15) is 11.1 Å². The van der Waals surface area contributed by atoms with E-state index < -0.39 is 17.6 Å². The van der Waals surface area contributed by atoms with E-state index in [1.807, 2.05) is 0 Å².